The molecule has 0 spiro atoms. The predicted octanol–water partition coefficient (Wildman–Crippen LogP) is 0.586. The molecule has 0 aromatic heterocycles. The van der Waals surface area contributed by atoms with Gasteiger partial charge in [-0.2, -0.15) is 8.42 Å². The van der Waals surface area contributed by atoms with E-state index in [9.17, 15) is 13.2 Å². The number of carbonyl (C=O) groups excluding carboxylic acids is 1. The third kappa shape index (κ3) is 50.9. The smallest absolute Gasteiger partial charge is 0.352 e. The molecule has 8 nitrogen and oxygen atoms in total. The Hall–Kier alpha value is -1.00. The van der Waals surface area contributed by atoms with Crippen molar-refractivity contribution in [2.24, 2.45) is 0 Å². The van der Waals surface area contributed by atoms with Crippen molar-refractivity contribution in [1.29, 1.82) is 0 Å². The van der Waals surface area contributed by atoms with Crippen molar-refractivity contribution < 1.29 is 21.9 Å². The summed E-state index contributed by atoms with van der Waals surface area (Å²) < 4.78 is 30.7. The highest BCUT2D eigenvalue weighted by molar-refractivity contribution is 7.80. The maximum Gasteiger partial charge on any atom is 0.397 e. The third-order valence-corrected chi connectivity index (χ3v) is 1.72. The molecule has 0 atom stereocenters. The van der Waals surface area contributed by atoms with Gasteiger partial charge in [0.2, 0.25) is 5.91 Å². The van der Waals surface area contributed by atoms with E-state index in [0.717, 1.165) is 13.0 Å². The molecule has 9 heteroatoms. The first-order chi connectivity index (χ1) is 10.1. The maximum atomic E-state index is 10.7. The van der Waals surface area contributed by atoms with Gasteiger partial charge >= 0.3 is 10.4 Å². The van der Waals surface area contributed by atoms with Gasteiger partial charge in [-0.05, 0) is 48.5 Å². The van der Waals surface area contributed by atoms with Gasteiger partial charge in [0.15, 0.2) is 0 Å². The van der Waals surface area contributed by atoms with E-state index in [1.165, 1.54) is 6.92 Å². The van der Waals surface area contributed by atoms with Crippen molar-refractivity contribution in [1.82, 2.24) is 16.0 Å². The zero-order valence-electron chi connectivity index (χ0n) is 14.8. The van der Waals surface area contributed by atoms with Crippen LogP contribution < -0.4 is 16.0 Å². The van der Waals surface area contributed by atoms with E-state index in [1.807, 2.05) is 35.1 Å². The SMILES string of the molecule is C=C(C)C(=O)NCCC.CCOS(=O)(=O)O.CNC.CNC. The first kappa shape index (κ1) is 29.1. The second kappa shape index (κ2) is 22.3. The van der Waals surface area contributed by atoms with Crippen LogP contribution in [0.15, 0.2) is 12.2 Å². The largest absolute Gasteiger partial charge is 0.397 e. The Morgan fingerprint density at radius 3 is 1.64 bits per heavy atom. The van der Waals surface area contributed by atoms with Crippen LogP contribution in [0.4, 0.5) is 0 Å². The molecular formula is C13H33N3O5S. The minimum atomic E-state index is -4.17. The molecule has 0 aliphatic carbocycles. The fourth-order valence-electron chi connectivity index (χ4n) is 0.538. The molecule has 0 radical (unpaired) electrons. The van der Waals surface area contributed by atoms with Gasteiger partial charge in [0.05, 0.1) is 6.61 Å². The molecular weight excluding hydrogens is 310 g/mol. The average molecular weight is 343 g/mol. The number of hydrogen-bond acceptors (Lipinski definition) is 6. The molecule has 0 bridgehead atoms. The molecule has 0 saturated heterocycles. The normalized spacial score (nSPS) is 8.91. The van der Waals surface area contributed by atoms with E-state index < -0.39 is 10.4 Å². The van der Waals surface area contributed by atoms with E-state index in [-0.39, 0.29) is 12.5 Å². The van der Waals surface area contributed by atoms with Gasteiger partial charge in [0.1, 0.15) is 0 Å². The number of carbonyl (C=O) groups is 1. The summed E-state index contributed by atoms with van der Waals surface area (Å²) in [5, 5.41) is 8.19. The van der Waals surface area contributed by atoms with Gasteiger partial charge in [0.25, 0.3) is 0 Å². The number of hydrogen-bond donors (Lipinski definition) is 4. The molecule has 22 heavy (non-hydrogen) atoms. The number of rotatable bonds is 5. The van der Waals surface area contributed by atoms with Crippen molar-refractivity contribution in [3.63, 3.8) is 0 Å². The van der Waals surface area contributed by atoms with Gasteiger partial charge in [-0.1, -0.05) is 13.5 Å². The fraction of sp³-hybridized carbons (Fsp3) is 0.769. The van der Waals surface area contributed by atoms with E-state index >= 15 is 0 Å². The average Bonchev–Trinajstić information content (AvgIpc) is 2.37. The highest BCUT2D eigenvalue weighted by Gasteiger charge is 1.98. The topological polar surface area (TPSA) is 117 Å². The zero-order valence-corrected chi connectivity index (χ0v) is 15.6. The Morgan fingerprint density at radius 2 is 1.50 bits per heavy atom. The quantitative estimate of drug-likeness (QED) is 0.426. The minimum absolute atomic E-state index is 0.0289. The Morgan fingerprint density at radius 1 is 1.14 bits per heavy atom. The lowest BCUT2D eigenvalue weighted by molar-refractivity contribution is -0.117. The Kier molecular flexibility index (Phi) is 29.4. The van der Waals surface area contributed by atoms with Crippen molar-refractivity contribution in [3.8, 4) is 0 Å². The molecule has 4 N–H and O–H groups in total. The number of nitrogens with one attached hydrogen (secondary N) is 3. The summed E-state index contributed by atoms with van der Waals surface area (Å²) in [4.78, 5) is 10.7. The summed E-state index contributed by atoms with van der Waals surface area (Å²) in [5.41, 5.74) is 0.573. The van der Waals surface area contributed by atoms with Gasteiger partial charge in [-0.3, -0.25) is 9.35 Å². The highest BCUT2D eigenvalue weighted by Crippen LogP contribution is 1.84. The molecule has 0 rings (SSSR count). The monoisotopic (exact) mass is 343 g/mol. The van der Waals surface area contributed by atoms with Crippen LogP contribution in [-0.2, 0) is 19.4 Å². The fourth-order valence-corrected chi connectivity index (χ4v) is 0.836. The lowest BCUT2D eigenvalue weighted by Crippen LogP contribution is -2.24. The van der Waals surface area contributed by atoms with Crippen LogP contribution in [0.3, 0.4) is 0 Å². The Balaban J connectivity index is -0.000000110. The molecule has 0 aliphatic heterocycles. The molecule has 1 amide bonds. The predicted molar refractivity (Wildman–Crippen MR) is 91.3 cm³/mol. The zero-order chi connectivity index (χ0) is 18.6. The van der Waals surface area contributed by atoms with Crippen molar-refractivity contribution >= 4 is 16.3 Å². The van der Waals surface area contributed by atoms with Crippen molar-refractivity contribution in [3.05, 3.63) is 12.2 Å². The van der Waals surface area contributed by atoms with E-state index in [1.54, 1.807) is 6.92 Å². The summed E-state index contributed by atoms with van der Waals surface area (Å²) in [6.45, 7) is 9.39. The molecule has 0 aliphatic rings. The second-order valence-corrected chi connectivity index (χ2v) is 4.96. The van der Waals surface area contributed by atoms with Gasteiger partial charge < -0.3 is 16.0 Å². The van der Waals surface area contributed by atoms with E-state index in [4.69, 9.17) is 4.55 Å². The summed E-state index contributed by atoms with van der Waals surface area (Å²) in [6.07, 6.45) is 0.971. The van der Waals surface area contributed by atoms with Crippen LogP contribution in [0.25, 0.3) is 0 Å². The first-order valence-corrected chi connectivity index (χ1v) is 8.16. The molecule has 0 saturated carbocycles. The Bertz CT molecular complexity index is 344. The molecule has 0 heterocycles. The van der Waals surface area contributed by atoms with Crippen molar-refractivity contribution in [2.75, 3.05) is 41.3 Å². The van der Waals surface area contributed by atoms with Crippen molar-refractivity contribution in [2.45, 2.75) is 27.2 Å². The van der Waals surface area contributed by atoms with Gasteiger partial charge in [0, 0.05) is 12.1 Å². The van der Waals surface area contributed by atoms with Crippen LogP contribution in [0.5, 0.6) is 0 Å². The molecule has 0 unspecified atom stereocenters. The second-order valence-electron chi connectivity index (χ2n) is 3.87. The van der Waals surface area contributed by atoms with Crippen LogP contribution >= 0.6 is 0 Å². The molecule has 0 aromatic rings. The first-order valence-electron chi connectivity index (χ1n) is 6.80. The lowest BCUT2D eigenvalue weighted by atomic mass is 10.3. The number of amides is 1. The maximum absolute atomic E-state index is 10.7. The third-order valence-electron chi connectivity index (χ3n) is 1.19. The summed E-state index contributed by atoms with van der Waals surface area (Å²) in [5.74, 6) is -0.0446. The van der Waals surface area contributed by atoms with Gasteiger partial charge in [-0.15, -0.1) is 0 Å². The summed E-state index contributed by atoms with van der Waals surface area (Å²) in [6, 6.07) is 0. The van der Waals surface area contributed by atoms with Gasteiger partial charge in [-0.25, -0.2) is 4.18 Å². The molecule has 136 valence electrons. The van der Waals surface area contributed by atoms with Crippen LogP contribution in [-0.4, -0.2) is 60.2 Å². The van der Waals surface area contributed by atoms with Crippen LogP contribution in [0, 0.1) is 0 Å². The summed E-state index contributed by atoms with van der Waals surface area (Å²) >= 11 is 0. The highest BCUT2D eigenvalue weighted by atomic mass is 32.3. The minimum Gasteiger partial charge on any atom is -0.352 e. The van der Waals surface area contributed by atoms with E-state index in [2.05, 4.69) is 26.7 Å². The van der Waals surface area contributed by atoms with E-state index in [0.29, 0.717) is 5.57 Å². The lowest BCUT2D eigenvalue weighted by Gasteiger charge is -1.99. The Labute approximate surface area is 135 Å². The molecule has 0 aromatic carbocycles. The standard InChI is InChI=1S/C7H13NO.2C2H7N.C2H6O4S/c1-4-5-8-7(9)6(2)3;2*1-3-2;1-2-6-7(3,4)5/h2,4-5H2,1,3H3,(H,8,9);2*3H,1-2H3;2H2,1H3,(H,3,4,5). The van der Waals surface area contributed by atoms with Crippen LogP contribution in [0.1, 0.15) is 27.2 Å². The van der Waals surface area contributed by atoms with Crippen LogP contribution in [0.2, 0.25) is 0 Å². The molecule has 0 fully saturated rings. The summed E-state index contributed by atoms with van der Waals surface area (Å²) in [7, 11) is 3.33.